The van der Waals surface area contributed by atoms with Gasteiger partial charge in [0.2, 0.25) is 5.88 Å². The number of nitrogens with zero attached hydrogens (tertiary/aromatic N) is 3. The van der Waals surface area contributed by atoms with Gasteiger partial charge in [-0.2, -0.15) is 0 Å². The number of rotatable bonds is 7. The number of aliphatic hydroxyl groups is 1. The maximum atomic E-state index is 14.5. The van der Waals surface area contributed by atoms with Crippen LogP contribution in [0.15, 0.2) is 60.8 Å². The van der Waals surface area contributed by atoms with Crippen LogP contribution in [0.5, 0.6) is 5.88 Å². The number of benzene rings is 2. The molecule has 2 heterocycles. The highest BCUT2D eigenvalue weighted by atomic mass is 19.1. The zero-order chi connectivity index (χ0) is 25.8. The van der Waals surface area contributed by atoms with Gasteiger partial charge in [-0.1, -0.05) is 37.3 Å². The van der Waals surface area contributed by atoms with Crippen LogP contribution in [-0.2, 0) is 6.54 Å². The van der Waals surface area contributed by atoms with Gasteiger partial charge in [-0.05, 0) is 43.8 Å². The van der Waals surface area contributed by atoms with E-state index in [9.17, 15) is 18.7 Å². The first-order chi connectivity index (χ1) is 17.3. The fourth-order valence-electron chi connectivity index (χ4n) is 4.44. The number of hydrogen-bond acceptors (Lipinski definition) is 5. The topological polar surface area (TPSA) is 65.9 Å². The number of hydrogen-bond donors (Lipinski definition) is 1. The van der Waals surface area contributed by atoms with Gasteiger partial charge in [0.05, 0.1) is 12.6 Å². The maximum Gasteiger partial charge on any atom is 0.259 e. The first kappa shape index (κ1) is 25.7. The van der Waals surface area contributed by atoms with Gasteiger partial charge in [0.15, 0.2) is 0 Å². The molecule has 0 bridgehead atoms. The van der Waals surface area contributed by atoms with E-state index >= 15 is 0 Å². The molecule has 36 heavy (non-hydrogen) atoms. The van der Waals surface area contributed by atoms with Gasteiger partial charge in [-0.3, -0.25) is 9.69 Å². The second-order valence-electron chi connectivity index (χ2n) is 9.50. The van der Waals surface area contributed by atoms with Crippen LogP contribution in [0, 0.1) is 17.6 Å². The van der Waals surface area contributed by atoms with E-state index < -0.39 is 11.9 Å². The highest BCUT2D eigenvalue weighted by Gasteiger charge is 2.34. The third-order valence-electron chi connectivity index (χ3n) is 6.56. The van der Waals surface area contributed by atoms with Gasteiger partial charge < -0.3 is 14.7 Å². The number of carbonyl (C=O) groups is 1. The predicted molar refractivity (Wildman–Crippen MR) is 134 cm³/mol. The van der Waals surface area contributed by atoms with Crippen molar-refractivity contribution in [2.75, 3.05) is 26.7 Å². The number of halogens is 2. The van der Waals surface area contributed by atoms with Crippen molar-refractivity contribution in [3.8, 4) is 17.0 Å². The first-order valence-corrected chi connectivity index (χ1v) is 12.0. The van der Waals surface area contributed by atoms with Crippen LogP contribution in [0.1, 0.15) is 29.8 Å². The summed E-state index contributed by atoms with van der Waals surface area (Å²) in [4.78, 5) is 21.7. The summed E-state index contributed by atoms with van der Waals surface area (Å²) in [7, 11) is 1.95. The van der Waals surface area contributed by atoms with Crippen LogP contribution in [0.3, 0.4) is 0 Å². The molecule has 1 aliphatic rings. The molecule has 1 aliphatic heterocycles. The van der Waals surface area contributed by atoms with E-state index in [0.29, 0.717) is 30.8 Å². The Morgan fingerprint density at radius 1 is 1.17 bits per heavy atom. The van der Waals surface area contributed by atoms with E-state index in [-0.39, 0.29) is 41.8 Å². The monoisotopic (exact) mass is 495 g/mol. The van der Waals surface area contributed by atoms with Gasteiger partial charge in [-0.15, -0.1) is 0 Å². The number of amides is 1. The maximum absolute atomic E-state index is 14.5. The summed E-state index contributed by atoms with van der Waals surface area (Å²) in [5.41, 5.74) is 2.01. The van der Waals surface area contributed by atoms with Gasteiger partial charge in [0.25, 0.3) is 5.91 Å². The molecule has 1 N–H and O–H groups in total. The largest absolute Gasteiger partial charge is 0.472 e. The second kappa shape index (κ2) is 11.1. The summed E-state index contributed by atoms with van der Waals surface area (Å²) in [5.74, 6) is -0.893. The summed E-state index contributed by atoms with van der Waals surface area (Å²) in [6.45, 7) is 5.10. The Labute approximate surface area is 210 Å². The predicted octanol–water partition coefficient (Wildman–Crippen LogP) is 4.38. The van der Waals surface area contributed by atoms with E-state index in [1.165, 1.54) is 24.4 Å². The molecule has 190 valence electrons. The third kappa shape index (κ3) is 5.71. The van der Waals surface area contributed by atoms with E-state index in [0.717, 1.165) is 5.56 Å². The van der Waals surface area contributed by atoms with Crippen molar-refractivity contribution < 1.29 is 23.4 Å². The van der Waals surface area contributed by atoms with Gasteiger partial charge in [0, 0.05) is 42.9 Å². The average molecular weight is 496 g/mol. The molecule has 4 rings (SSSR count). The van der Waals surface area contributed by atoms with E-state index in [2.05, 4.69) is 9.88 Å². The third-order valence-corrected chi connectivity index (χ3v) is 6.56. The Kier molecular flexibility index (Phi) is 7.96. The van der Waals surface area contributed by atoms with E-state index in [4.69, 9.17) is 4.74 Å². The molecule has 0 radical (unpaired) electrons. The van der Waals surface area contributed by atoms with Crippen LogP contribution in [0.25, 0.3) is 11.1 Å². The lowest BCUT2D eigenvalue weighted by Crippen LogP contribution is -2.49. The summed E-state index contributed by atoms with van der Waals surface area (Å²) in [5, 5.41) is 9.84. The lowest BCUT2D eigenvalue weighted by Gasteiger charge is -2.37. The Morgan fingerprint density at radius 2 is 1.89 bits per heavy atom. The molecule has 3 atom stereocenters. The summed E-state index contributed by atoms with van der Waals surface area (Å²) in [6, 6.07) is 13.9. The minimum atomic E-state index is -0.416. The van der Waals surface area contributed by atoms with E-state index in [1.54, 1.807) is 48.2 Å². The summed E-state index contributed by atoms with van der Waals surface area (Å²) in [6.07, 6.45) is 1.19. The number of fused-ring (bicyclic) bond motifs is 1. The molecular weight excluding hydrogens is 464 g/mol. The van der Waals surface area contributed by atoms with Crippen LogP contribution in [-0.4, -0.2) is 64.7 Å². The molecular formula is C28H31F2N3O3. The number of pyridine rings is 1. The standard InChI is InChI=1S/C28H31F2N3O3/c1-18-14-33(19(2)17-34)28(35)24-12-21(23-6-4-5-7-25(23)30)13-31-27(24)36-26(18)16-32(3)15-20-8-10-22(29)11-9-20/h4-13,18-19,26,34H,14-17H2,1-3H3/t18-,19+,26+/m0/s1. The molecule has 2 aromatic carbocycles. The van der Waals surface area contributed by atoms with Crippen molar-refractivity contribution >= 4 is 5.91 Å². The fourth-order valence-corrected chi connectivity index (χ4v) is 4.44. The first-order valence-electron chi connectivity index (χ1n) is 12.0. The number of likely N-dealkylation sites (N-methyl/N-ethyl adjacent to an activating group) is 1. The highest BCUT2D eigenvalue weighted by Crippen LogP contribution is 2.31. The molecule has 0 spiro atoms. The van der Waals surface area contributed by atoms with Crippen molar-refractivity contribution in [2.24, 2.45) is 5.92 Å². The van der Waals surface area contributed by atoms with Crippen LogP contribution in [0.4, 0.5) is 8.78 Å². The van der Waals surface area contributed by atoms with Crippen molar-refractivity contribution in [1.29, 1.82) is 0 Å². The lowest BCUT2D eigenvalue weighted by molar-refractivity contribution is 0.0325. The molecule has 0 unspecified atom stereocenters. The number of aromatic nitrogens is 1. The van der Waals surface area contributed by atoms with Crippen LogP contribution < -0.4 is 4.74 Å². The van der Waals surface area contributed by atoms with Crippen LogP contribution >= 0.6 is 0 Å². The van der Waals surface area contributed by atoms with Crippen molar-refractivity contribution in [2.45, 2.75) is 32.5 Å². The minimum absolute atomic E-state index is 0.0696. The average Bonchev–Trinajstić information content (AvgIpc) is 2.87. The Bertz CT molecular complexity index is 1200. The minimum Gasteiger partial charge on any atom is -0.472 e. The normalized spacial score (nSPS) is 18.9. The fraction of sp³-hybridized carbons (Fsp3) is 0.357. The Hall–Kier alpha value is -3.36. The molecule has 0 saturated carbocycles. The van der Waals surface area contributed by atoms with E-state index in [1.807, 2.05) is 14.0 Å². The molecule has 6 nitrogen and oxygen atoms in total. The number of aliphatic hydroxyl groups excluding tert-OH is 1. The quantitative estimate of drug-likeness (QED) is 0.527. The molecule has 0 saturated heterocycles. The Morgan fingerprint density at radius 3 is 2.58 bits per heavy atom. The summed E-state index contributed by atoms with van der Waals surface area (Å²) >= 11 is 0. The zero-order valence-electron chi connectivity index (χ0n) is 20.7. The van der Waals surface area contributed by atoms with Crippen molar-refractivity contribution in [1.82, 2.24) is 14.8 Å². The highest BCUT2D eigenvalue weighted by molar-refractivity contribution is 5.98. The molecule has 0 aliphatic carbocycles. The number of ether oxygens (including phenoxy) is 1. The zero-order valence-corrected chi connectivity index (χ0v) is 20.7. The van der Waals surface area contributed by atoms with Crippen molar-refractivity contribution in [3.05, 3.63) is 83.6 Å². The second-order valence-corrected chi connectivity index (χ2v) is 9.50. The van der Waals surface area contributed by atoms with Gasteiger partial charge in [0.1, 0.15) is 23.3 Å². The SMILES string of the molecule is C[C@H](CO)N1C[C@H](C)[C@@H](CN(C)Cc2ccc(F)cc2)Oc2ncc(-c3ccccc3F)cc2C1=O. The molecule has 3 aromatic rings. The van der Waals surface area contributed by atoms with Crippen LogP contribution in [0.2, 0.25) is 0 Å². The molecule has 1 amide bonds. The molecule has 1 aromatic heterocycles. The summed E-state index contributed by atoms with van der Waals surface area (Å²) < 4.78 is 34.0. The number of carbonyl (C=O) groups excluding carboxylic acids is 1. The molecule has 8 heteroatoms. The lowest BCUT2D eigenvalue weighted by atomic mass is 9.99. The smallest absolute Gasteiger partial charge is 0.259 e. The van der Waals surface area contributed by atoms with Crippen molar-refractivity contribution in [3.63, 3.8) is 0 Å². The van der Waals surface area contributed by atoms with Gasteiger partial charge >= 0.3 is 0 Å². The Balaban J connectivity index is 1.66. The molecule has 0 fully saturated rings. The van der Waals surface area contributed by atoms with Gasteiger partial charge in [-0.25, -0.2) is 13.8 Å².